The topological polar surface area (TPSA) is 45.5 Å². The lowest BCUT2D eigenvalue weighted by Crippen LogP contribution is -2.27. The molecule has 0 bridgehead atoms. The highest BCUT2D eigenvalue weighted by Crippen LogP contribution is 2.29. The quantitative estimate of drug-likeness (QED) is 0.847. The van der Waals surface area contributed by atoms with Crippen molar-refractivity contribution in [1.82, 2.24) is 9.47 Å². The van der Waals surface area contributed by atoms with Crippen LogP contribution in [0.4, 0.5) is 0 Å². The van der Waals surface area contributed by atoms with E-state index in [-0.39, 0.29) is 11.2 Å². The van der Waals surface area contributed by atoms with Gasteiger partial charge in [0.25, 0.3) is 0 Å². The van der Waals surface area contributed by atoms with Crippen LogP contribution in [0.5, 0.6) is 5.75 Å². The Morgan fingerprint density at radius 3 is 2.38 bits per heavy atom. The molecule has 0 aliphatic heterocycles. The highest BCUT2D eigenvalue weighted by atomic mass is 16.3. The number of pyridine rings is 1. The minimum absolute atomic E-state index is 0.123. The van der Waals surface area contributed by atoms with Gasteiger partial charge in [-0.3, -0.25) is 9.69 Å². The predicted molar refractivity (Wildman–Crippen MR) is 85.7 cm³/mol. The molecular weight excluding hydrogens is 264 g/mol. The molecule has 1 aliphatic carbocycles. The van der Waals surface area contributed by atoms with E-state index in [4.69, 9.17) is 0 Å². The standard InChI is InChI=1S/C17H28N2O2/c1-3-18(4-2)12-15-11-16(20)17(21)13-19(15)14-9-7-5-6-8-10-14/h11,13-14,21H,3-10,12H2,1-2H3. The van der Waals surface area contributed by atoms with Crippen molar-refractivity contribution in [1.29, 1.82) is 0 Å². The molecule has 0 atom stereocenters. The summed E-state index contributed by atoms with van der Waals surface area (Å²) in [5, 5.41) is 9.83. The Morgan fingerprint density at radius 2 is 1.81 bits per heavy atom. The monoisotopic (exact) mass is 292 g/mol. The highest BCUT2D eigenvalue weighted by molar-refractivity contribution is 5.21. The van der Waals surface area contributed by atoms with E-state index in [2.05, 4.69) is 23.3 Å². The molecule has 0 spiro atoms. The molecule has 4 nitrogen and oxygen atoms in total. The molecule has 2 rings (SSSR count). The molecule has 1 N–H and O–H groups in total. The third-order valence-corrected chi connectivity index (χ3v) is 4.64. The Balaban J connectivity index is 2.32. The second kappa shape index (κ2) is 7.64. The molecule has 21 heavy (non-hydrogen) atoms. The molecule has 0 unspecified atom stereocenters. The number of aromatic nitrogens is 1. The molecule has 4 heteroatoms. The van der Waals surface area contributed by atoms with E-state index in [0.717, 1.165) is 38.2 Å². The largest absolute Gasteiger partial charge is 0.503 e. The molecule has 0 radical (unpaired) electrons. The van der Waals surface area contributed by atoms with Crippen molar-refractivity contribution in [2.45, 2.75) is 65.0 Å². The van der Waals surface area contributed by atoms with Crippen LogP contribution in [-0.2, 0) is 6.54 Å². The van der Waals surface area contributed by atoms with Crippen molar-refractivity contribution >= 4 is 0 Å². The van der Waals surface area contributed by atoms with Crippen LogP contribution < -0.4 is 5.43 Å². The molecule has 1 aromatic heterocycles. The van der Waals surface area contributed by atoms with Crippen LogP contribution in [0.15, 0.2) is 17.1 Å². The van der Waals surface area contributed by atoms with Gasteiger partial charge in [0.1, 0.15) is 0 Å². The zero-order valence-corrected chi connectivity index (χ0v) is 13.3. The highest BCUT2D eigenvalue weighted by Gasteiger charge is 2.18. The Morgan fingerprint density at radius 1 is 1.19 bits per heavy atom. The van der Waals surface area contributed by atoms with E-state index in [1.54, 1.807) is 12.3 Å². The Hall–Kier alpha value is -1.29. The number of nitrogens with zero attached hydrogens (tertiary/aromatic N) is 2. The lowest BCUT2D eigenvalue weighted by atomic mass is 10.1. The van der Waals surface area contributed by atoms with Crippen molar-refractivity contribution in [3.05, 3.63) is 28.2 Å². The maximum absolute atomic E-state index is 11.8. The van der Waals surface area contributed by atoms with Gasteiger partial charge in [0, 0.05) is 24.3 Å². The van der Waals surface area contributed by atoms with Gasteiger partial charge in [0.05, 0.1) is 6.20 Å². The summed E-state index contributed by atoms with van der Waals surface area (Å²) in [6.07, 6.45) is 9.03. The number of hydrogen-bond acceptors (Lipinski definition) is 3. The fourth-order valence-corrected chi connectivity index (χ4v) is 3.26. The first-order chi connectivity index (χ1) is 10.2. The van der Waals surface area contributed by atoms with Gasteiger partial charge in [0.15, 0.2) is 5.75 Å². The Bertz CT molecular complexity index is 498. The fourth-order valence-electron chi connectivity index (χ4n) is 3.26. The molecule has 1 aromatic rings. The van der Waals surface area contributed by atoms with Crippen LogP contribution in [0.3, 0.4) is 0 Å². The first-order valence-corrected chi connectivity index (χ1v) is 8.32. The summed E-state index contributed by atoms with van der Waals surface area (Å²) in [5.74, 6) is -0.123. The molecule has 0 amide bonds. The third-order valence-electron chi connectivity index (χ3n) is 4.64. The minimum atomic E-state index is -0.262. The Kier molecular flexibility index (Phi) is 5.85. The summed E-state index contributed by atoms with van der Waals surface area (Å²) in [6, 6.07) is 2.04. The average molecular weight is 292 g/mol. The molecule has 0 saturated heterocycles. The number of rotatable bonds is 5. The van der Waals surface area contributed by atoms with Crippen LogP contribution >= 0.6 is 0 Å². The van der Waals surface area contributed by atoms with E-state index in [9.17, 15) is 9.90 Å². The first-order valence-electron chi connectivity index (χ1n) is 8.32. The molecule has 1 saturated carbocycles. The summed E-state index contributed by atoms with van der Waals surface area (Å²) < 4.78 is 2.17. The predicted octanol–water partition coefficient (Wildman–Crippen LogP) is 3.29. The van der Waals surface area contributed by atoms with E-state index >= 15 is 0 Å². The van der Waals surface area contributed by atoms with E-state index in [0.29, 0.717) is 6.04 Å². The summed E-state index contributed by atoms with van der Waals surface area (Å²) in [4.78, 5) is 14.1. The van der Waals surface area contributed by atoms with Gasteiger partial charge in [-0.1, -0.05) is 39.5 Å². The second-order valence-electron chi connectivity index (χ2n) is 6.03. The van der Waals surface area contributed by atoms with Gasteiger partial charge in [-0.05, 0) is 25.9 Å². The van der Waals surface area contributed by atoms with Crippen molar-refractivity contribution in [3.63, 3.8) is 0 Å². The van der Waals surface area contributed by atoms with Crippen LogP contribution in [0.2, 0.25) is 0 Å². The molecular formula is C17H28N2O2. The first kappa shape index (κ1) is 16.1. The summed E-state index contributed by atoms with van der Waals surface area (Å²) >= 11 is 0. The molecule has 1 aliphatic rings. The Labute approximate surface area is 127 Å². The van der Waals surface area contributed by atoms with Crippen molar-refractivity contribution < 1.29 is 5.11 Å². The van der Waals surface area contributed by atoms with E-state index < -0.39 is 0 Å². The van der Waals surface area contributed by atoms with Crippen molar-refractivity contribution in [3.8, 4) is 5.75 Å². The smallest absolute Gasteiger partial charge is 0.223 e. The molecule has 1 heterocycles. The van der Waals surface area contributed by atoms with Gasteiger partial charge in [-0.15, -0.1) is 0 Å². The van der Waals surface area contributed by atoms with Crippen LogP contribution in [0.1, 0.15) is 64.1 Å². The van der Waals surface area contributed by atoms with Crippen LogP contribution in [-0.4, -0.2) is 27.7 Å². The maximum Gasteiger partial charge on any atom is 0.223 e. The van der Waals surface area contributed by atoms with Crippen LogP contribution in [0.25, 0.3) is 0 Å². The number of hydrogen-bond donors (Lipinski definition) is 1. The minimum Gasteiger partial charge on any atom is -0.503 e. The lowest BCUT2D eigenvalue weighted by Gasteiger charge is -2.26. The van der Waals surface area contributed by atoms with Gasteiger partial charge in [0.2, 0.25) is 5.43 Å². The zero-order valence-electron chi connectivity index (χ0n) is 13.3. The normalized spacial score (nSPS) is 17.1. The molecule has 0 aromatic carbocycles. The fraction of sp³-hybridized carbons (Fsp3) is 0.706. The van der Waals surface area contributed by atoms with Crippen molar-refractivity contribution in [2.75, 3.05) is 13.1 Å². The summed E-state index contributed by atoms with van der Waals surface area (Å²) in [7, 11) is 0. The van der Waals surface area contributed by atoms with Gasteiger partial charge < -0.3 is 9.67 Å². The second-order valence-corrected chi connectivity index (χ2v) is 6.03. The van der Waals surface area contributed by atoms with Crippen molar-refractivity contribution in [2.24, 2.45) is 0 Å². The van der Waals surface area contributed by atoms with E-state index in [1.165, 1.54) is 25.7 Å². The maximum atomic E-state index is 11.8. The molecule has 1 fully saturated rings. The van der Waals surface area contributed by atoms with E-state index in [1.807, 2.05) is 0 Å². The number of aromatic hydroxyl groups is 1. The lowest BCUT2D eigenvalue weighted by molar-refractivity contribution is 0.278. The molecule has 118 valence electrons. The third kappa shape index (κ3) is 4.10. The summed E-state index contributed by atoms with van der Waals surface area (Å²) in [5.41, 5.74) is 0.774. The summed E-state index contributed by atoms with van der Waals surface area (Å²) in [6.45, 7) is 6.99. The van der Waals surface area contributed by atoms with Gasteiger partial charge in [-0.25, -0.2) is 0 Å². The van der Waals surface area contributed by atoms with Crippen LogP contribution in [0, 0.1) is 0 Å². The zero-order chi connectivity index (χ0) is 15.2. The SMILES string of the molecule is CCN(CC)Cc1cc(=O)c(O)cn1C1CCCCCC1. The van der Waals surface area contributed by atoms with Gasteiger partial charge in [-0.2, -0.15) is 0 Å². The average Bonchev–Trinajstić information content (AvgIpc) is 2.77. The van der Waals surface area contributed by atoms with Gasteiger partial charge >= 0.3 is 0 Å².